The van der Waals surface area contributed by atoms with Crippen LogP contribution < -0.4 is 0 Å². The molecular weight excluding hydrogens is 182 g/mol. The minimum atomic E-state index is -0.442. The van der Waals surface area contributed by atoms with Gasteiger partial charge in [0.1, 0.15) is 5.69 Å². The molecule has 14 heavy (non-hydrogen) atoms. The number of nitrogens with zero attached hydrogens (tertiary/aromatic N) is 3. The summed E-state index contributed by atoms with van der Waals surface area (Å²) >= 11 is 0. The molecule has 1 heterocycles. The van der Waals surface area contributed by atoms with Gasteiger partial charge in [0, 0.05) is 32.6 Å². The lowest BCUT2D eigenvalue weighted by molar-refractivity contribution is -0.385. The average Bonchev–Trinajstić information content (AvgIpc) is 2.15. The van der Waals surface area contributed by atoms with Crippen molar-refractivity contribution in [2.24, 2.45) is 0 Å². The smallest absolute Gasteiger partial charge is 0.294 e. The minimum Gasteiger partial charge on any atom is -0.383 e. The fourth-order valence-electron chi connectivity index (χ4n) is 0.912. The maximum atomic E-state index is 10.6. The van der Waals surface area contributed by atoms with Crippen LogP contribution in [-0.2, 0) is 0 Å². The van der Waals surface area contributed by atoms with Crippen molar-refractivity contribution in [1.29, 1.82) is 0 Å². The Bertz CT molecular complexity index is 361. The fourth-order valence-corrected chi connectivity index (χ4v) is 0.912. The zero-order valence-electron chi connectivity index (χ0n) is 8.04. The first kappa shape index (κ1) is 10.2. The highest BCUT2D eigenvalue weighted by atomic mass is 16.6. The highest BCUT2D eigenvalue weighted by Gasteiger charge is 2.10. The molecule has 1 aromatic rings. The van der Waals surface area contributed by atoms with E-state index in [9.17, 15) is 10.1 Å². The van der Waals surface area contributed by atoms with Crippen LogP contribution in [0.1, 0.15) is 5.69 Å². The van der Waals surface area contributed by atoms with Crippen LogP contribution in [0, 0.1) is 10.1 Å². The van der Waals surface area contributed by atoms with Gasteiger partial charge in [0.05, 0.1) is 4.92 Å². The second kappa shape index (κ2) is 4.36. The molecule has 74 valence electrons. The van der Waals surface area contributed by atoms with Crippen molar-refractivity contribution in [2.45, 2.75) is 0 Å². The summed E-state index contributed by atoms with van der Waals surface area (Å²) in [4.78, 5) is 15.8. The van der Waals surface area contributed by atoms with E-state index in [2.05, 4.69) is 4.98 Å². The van der Waals surface area contributed by atoms with Gasteiger partial charge >= 0.3 is 0 Å². The van der Waals surface area contributed by atoms with Gasteiger partial charge in [-0.1, -0.05) is 0 Å². The number of hydrogen-bond donors (Lipinski definition) is 0. The van der Waals surface area contributed by atoms with Gasteiger partial charge in [0.15, 0.2) is 0 Å². The maximum Gasteiger partial charge on any atom is 0.294 e. The quantitative estimate of drug-likeness (QED) is 0.539. The Labute approximate surface area is 81.8 Å². The molecule has 0 aliphatic carbocycles. The summed E-state index contributed by atoms with van der Waals surface area (Å²) in [5, 5.41) is 10.6. The highest BCUT2D eigenvalue weighted by Crippen LogP contribution is 2.16. The Morgan fingerprint density at radius 1 is 1.57 bits per heavy atom. The number of aromatic nitrogens is 1. The number of nitro groups is 1. The minimum absolute atomic E-state index is 0.0191. The normalized spacial score (nSPS) is 10.4. The Kier molecular flexibility index (Phi) is 3.17. The first-order valence-electron chi connectivity index (χ1n) is 4.05. The lowest BCUT2D eigenvalue weighted by atomic mass is 10.3. The molecule has 0 aromatic carbocycles. The molecule has 0 saturated carbocycles. The summed E-state index contributed by atoms with van der Waals surface area (Å²) in [6.45, 7) is 0. The third-order valence-corrected chi connectivity index (χ3v) is 1.54. The lowest BCUT2D eigenvalue weighted by Gasteiger charge is -2.02. The van der Waals surface area contributed by atoms with Crippen LogP contribution in [-0.4, -0.2) is 28.9 Å². The molecule has 0 saturated heterocycles. The second-order valence-electron chi connectivity index (χ2n) is 2.94. The Morgan fingerprint density at radius 2 is 2.29 bits per heavy atom. The molecule has 1 rings (SSSR count). The molecule has 0 spiro atoms. The summed E-state index contributed by atoms with van der Waals surface area (Å²) in [7, 11) is 3.68. The van der Waals surface area contributed by atoms with Crippen LogP contribution >= 0.6 is 0 Å². The standard InChI is InChI=1S/C9H11N3O2/c1-11(2)7-5-8-9(12(13)14)4-3-6-10-8/h3-7H,1-2H3. The third kappa shape index (κ3) is 2.55. The van der Waals surface area contributed by atoms with E-state index in [4.69, 9.17) is 0 Å². The molecule has 5 nitrogen and oxygen atoms in total. The molecule has 0 N–H and O–H groups in total. The summed E-state index contributed by atoms with van der Waals surface area (Å²) in [6.07, 6.45) is 4.86. The largest absolute Gasteiger partial charge is 0.383 e. The predicted octanol–water partition coefficient (Wildman–Crippen LogP) is 1.52. The van der Waals surface area contributed by atoms with E-state index in [1.165, 1.54) is 12.3 Å². The van der Waals surface area contributed by atoms with Crippen molar-refractivity contribution in [1.82, 2.24) is 9.88 Å². The molecule has 0 radical (unpaired) electrons. The van der Waals surface area contributed by atoms with Crippen LogP contribution in [0.2, 0.25) is 0 Å². The van der Waals surface area contributed by atoms with Crippen molar-refractivity contribution in [3.63, 3.8) is 0 Å². The Balaban J connectivity index is 3.02. The van der Waals surface area contributed by atoms with E-state index in [0.29, 0.717) is 5.69 Å². The first-order valence-corrected chi connectivity index (χ1v) is 4.05. The van der Waals surface area contributed by atoms with E-state index in [1.54, 1.807) is 23.2 Å². The summed E-state index contributed by atoms with van der Waals surface area (Å²) in [6, 6.07) is 2.98. The summed E-state index contributed by atoms with van der Waals surface area (Å²) in [5.41, 5.74) is 0.386. The van der Waals surface area contributed by atoms with Gasteiger partial charge in [-0.15, -0.1) is 0 Å². The average molecular weight is 193 g/mol. The summed E-state index contributed by atoms with van der Waals surface area (Å²) < 4.78 is 0. The van der Waals surface area contributed by atoms with E-state index >= 15 is 0 Å². The zero-order chi connectivity index (χ0) is 10.6. The van der Waals surface area contributed by atoms with Gasteiger partial charge in [-0.2, -0.15) is 0 Å². The summed E-state index contributed by atoms with van der Waals surface area (Å²) in [5.74, 6) is 0. The molecule has 0 aliphatic rings. The molecule has 0 aliphatic heterocycles. The topological polar surface area (TPSA) is 59.3 Å². The first-order chi connectivity index (χ1) is 6.61. The lowest BCUT2D eigenvalue weighted by Crippen LogP contribution is -2.00. The van der Waals surface area contributed by atoms with Crippen molar-refractivity contribution >= 4 is 11.8 Å². The molecule has 1 aromatic heterocycles. The predicted molar refractivity (Wildman–Crippen MR) is 53.6 cm³/mol. The van der Waals surface area contributed by atoms with Crippen LogP contribution in [0.25, 0.3) is 6.08 Å². The van der Waals surface area contributed by atoms with Crippen LogP contribution in [0.3, 0.4) is 0 Å². The number of pyridine rings is 1. The molecule has 0 unspecified atom stereocenters. The van der Waals surface area contributed by atoms with Crippen LogP contribution in [0.4, 0.5) is 5.69 Å². The van der Waals surface area contributed by atoms with Crippen molar-refractivity contribution in [2.75, 3.05) is 14.1 Å². The van der Waals surface area contributed by atoms with Crippen LogP contribution in [0.15, 0.2) is 24.5 Å². The molecular formula is C9H11N3O2. The highest BCUT2D eigenvalue weighted by molar-refractivity contribution is 5.55. The second-order valence-corrected chi connectivity index (χ2v) is 2.94. The monoisotopic (exact) mass is 193 g/mol. The van der Waals surface area contributed by atoms with Crippen LogP contribution in [0.5, 0.6) is 0 Å². The molecule has 5 heteroatoms. The SMILES string of the molecule is CN(C)C=Cc1ncccc1[N+](=O)[O-]. The van der Waals surface area contributed by atoms with Gasteiger partial charge in [-0.05, 0) is 12.1 Å². The van der Waals surface area contributed by atoms with E-state index in [0.717, 1.165) is 0 Å². The van der Waals surface area contributed by atoms with Gasteiger partial charge < -0.3 is 4.90 Å². The zero-order valence-corrected chi connectivity index (χ0v) is 8.04. The third-order valence-electron chi connectivity index (χ3n) is 1.54. The van der Waals surface area contributed by atoms with Gasteiger partial charge in [-0.25, -0.2) is 4.98 Å². The van der Waals surface area contributed by atoms with Crippen molar-refractivity contribution < 1.29 is 4.92 Å². The van der Waals surface area contributed by atoms with Crippen molar-refractivity contribution in [3.05, 3.63) is 40.3 Å². The molecule has 0 bridgehead atoms. The molecule has 0 amide bonds. The Hall–Kier alpha value is -1.91. The van der Waals surface area contributed by atoms with Gasteiger partial charge in [0.25, 0.3) is 5.69 Å². The maximum absolute atomic E-state index is 10.6. The molecule has 0 fully saturated rings. The number of rotatable bonds is 3. The Morgan fingerprint density at radius 3 is 2.86 bits per heavy atom. The fraction of sp³-hybridized carbons (Fsp3) is 0.222. The van der Waals surface area contributed by atoms with E-state index in [-0.39, 0.29) is 5.69 Å². The van der Waals surface area contributed by atoms with E-state index < -0.39 is 4.92 Å². The van der Waals surface area contributed by atoms with E-state index in [1.807, 2.05) is 14.1 Å². The molecule has 0 atom stereocenters. The van der Waals surface area contributed by atoms with Gasteiger partial charge in [-0.3, -0.25) is 10.1 Å². The van der Waals surface area contributed by atoms with Crippen molar-refractivity contribution in [3.8, 4) is 0 Å². The van der Waals surface area contributed by atoms with Gasteiger partial charge in [0.2, 0.25) is 0 Å². The number of hydrogen-bond acceptors (Lipinski definition) is 4.